The van der Waals surface area contributed by atoms with Crippen LogP contribution in [-0.2, 0) is 6.54 Å². The van der Waals surface area contributed by atoms with Gasteiger partial charge in [-0.05, 0) is 23.1 Å². The quantitative estimate of drug-likeness (QED) is 0.873. The molecule has 86 valence electrons. The van der Waals surface area contributed by atoms with Crippen molar-refractivity contribution in [2.24, 2.45) is 10.7 Å². The van der Waals surface area contributed by atoms with Gasteiger partial charge in [-0.1, -0.05) is 26.0 Å². The highest BCUT2D eigenvalue weighted by Crippen LogP contribution is 2.27. The highest BCUT2D eigenvalue weighted by atomic mass is 32.2. The molecule has 0 saturated carbocycles. The van der Waals surface area contributed by atoms with Crippen molar-refractivity contribution in [1.82, 2.24) is 0 Å². The Morgan fingerprint density at radius 2 is 2.25 bits per heavy atom. The number of nitrogens with two attached hydrogens (primary N) is 1. The Morgan fingerprint density at radius 1 is 1.44 bits per heavy atom. The third-order valence-electron chi connectivity index (χ3n) is 2.79. The number of benzene rings is 1. The second kappa shape index (κ2) is 5.02. The number of nitrogens with zero attached hydrogens (tertiary/aromatic N) is 1. The van der Waals surface area contributed by atoms with Gasteiger partial charge in [0.15, 0.2) is 0 Å². The number of thioether (sulfide) groups is 1. The predicted molar refractivity (Wildman–Crippen MR) is 72.3 cm³/mol. The summed E-state index contributed by atoms with van der Waals surface area (Å²) in [5.41, 5.74) is 9.56. The lowest BCUT2D eigenvalue weighted by Gasteiger charge is -2.13. The summed E-state index contributed by atoms with van der Waals surface area (Å²) in [6.45, 7) is 6.00. The maximum Gasteiger partial charge on any atom is 0.0980 e. The topological polar surface area (TPSA) is 38.4 Å². The van der Waals surface area contributed by atoms with Crippen molar-refractivity contribution in [2.45, 2.75) is 26.3 Å². The van der Waals surface area contributed by atoms with E-state index in [-0.39, 0.29) is 0 Å². The van der Waals surface area contributed by atoms with Crippen LogP contribution in [-0.4, -0.2) is 17.3 Å². The Balaban J connectivity index is 2.45. The smallest absolute Gasteiger partial charge is 0.0980 e. The molecule has 1 aliphatic heterocycles. The maximum atomic E-state index is 5.70. The van der Waals surface area contributed by atoms with Crippen LogP contribution >= 0.6 is 11.8 Å². The van der Waals surface area contributed by atoms with E-state index in [4.69, 9.17) is 5.73 Å². The molecule has 2 N–H and O–H groups in total. The Kier molecular flexibility index (Phi) is 3.66. The molecule has 0 aromatic heterocycles. The SMILES string of the molecule is CC(C)c1ccc(CN)cc1C1=NCCS1. The van der Waals surface area contributed by atoms with Crippen LogP contribution in [0.4, 0.5) is 0 Å². The fourth-order valence-corrected chi connectivity index (χ4v) is 2.81. The van der Waals surface area contributed by atoms with Gasteiger partial charge < -0.3 is 5.73 Å². The molecule has 0 radical (unpaired) electrons. The second-order valence-corrected chi connectivity index (χ2v) is 5.40. The first-order valence-electron chi connectivity index (χ1n) is 5.73. The predicted octanol–water partition coefficient (Wildman–Crippen LogP) is 2.76. The lowest BCUT2D eigenvalue weighted by molar-refractivity contribution is 0.862. The Hall–Kier alpha value is -0.800. The van der Waals surface area contributed by atoms with E-state index in [9.17, 15) is 0 Å². The first-order valence-corrected chi connectivity index (χ1v) is 6.71. The maximum absolute atomic E-state index is 5.70. The zero-order valence-corrected chi connectivity index (χ0v) is 10.7. The lowest BCUT2D eigenvalue weighted by Crippen LogP contribution is -2.05. The molecule has 0 bridgehead atoms. The van der Waals surface area contributed by atoms with Crippen molar-refractivity contribution >= 4 is 16.8 Å². The summed E-state index contributed by atoms with van der Waals surface area (Å²) >= 11 is 1.86. The largest absolute Gasteiger partial charge is 0.326 e. The molecule has 0 atom stereocenters. The second-order valence-electron chi connectivity index (χ2n) is 4.32. The molecule has 0 unspecified atom stereocenters. The van der Waals surface area contributed by atoms with Gasteiger partial charge in [0, 0.05) is 24.4 Å². The van der Waals surface area contributed by atoms with E-state index in [0.29, 0.717) is 12.5 Å². The molecule has 2 nitrogen and oxygen atoms in total. The first kappa shape index (κ1) is 11.7. The summed E-state index contributed by atoms with van der Waals surface area (Å²) < 4.78 is 0. The van der Waals surface area contributed by atoms with Crippen LogP contribution in [0.25, 0.3) is 0 Å². The molecule has 1 aromatic carbocycles. The van der Waals surface area contributed by atoms with Crippen LogP contribution in [0.3, 0.4) is 0 Å². The van der Waals surface area contributed by atoms with Gasteiger partial charge in [0.2, 0.25) is 0 Å². The summed E-state index contributed by atoms with van der Waals surface area (Å²) in [6.07, 6.45) is 0. The number of hydrogen-bond acceptors (Lipinski definition) is 3. The third kappa shape index (κ3) is 2.30. The molecule has 1 aromatic rings. The lowest BCUT2D eigenvalue weighted by atomic mass is 9.95. The molecular formula is C13H18N2S. The Morgan fingerprint density at radius 3 is 2.81 bits per heavy atom. The van der Waals surface area contributed by atoms with Gasteiger partial charge >= 0.3 is 0 Å². The number of hydrogen-bond donors (Lipinski definition) is 1. The van der Waals surface area contributed by atoms with Crippen LogP contribution in [0.2, 0.25) is 0 Å². The van der Waals surface area contributed by atoms with Crippen LogP contribution in [0.5, 0.6) is 0 Å². The fourth-order valence-electron chi connectivity index (χ4n) is 1.92. The van der Waals surface area contributed by atoms with Crippen LogP contribution in [0.15, 0.2) is 23.2 Å². The molecule has 0 spiro atoms. The van der Waals surface area contributed by atoms with E-state index in [1.165, 1.54) is 21.7 Å². The molecule has 0 saturated heterocycles. The average molecular weight is 234 g/mol. The molecule has 3 heteroatoms. The van der Waals surface area contributed by atoms with Crippen molar-refractivity contribution < 1.29 is 0 Å². The minimum absolute atomic E-state index is 0.533. The van der Waals surface area contributed by atoms with Gasteiger partial charge in [-0.15, -0.1) is 11.8 Å². The van der Waals surface area contributed by atoms with Crippen LogP contribution < -0.4 is 5.73 Å². The van der Waals surface area contributed by atoms with Gasteiger partial charge in [-0.3, -0.25) is 4.99 Å². The first-order chi connectivity index (χ1) is 7.72. The summed E-state index contributed by atoms with van der Waals surface area (Å²) in [5, 5.41) is 1.19. The summed E-state index contributed by atoms with van der Waals surface area (Å²) in [7, 11) is 0. The normalized spacial score (nSPS) is 15.6. The highest BCUT2D eigenvalue weighted by Gasteiger charge is 2.15. The minimum Gasteiger partial charge on any atom is -0.326 e. The van der Waals surface area contributed by atoms with Crippen molar-refractivity contribution in [3.63, 3.8) is 0 Å². The van der Waals surface area contributed by atoms with E-state index in [1.807, 2.05) is 11.8 Å². The molecule has 0 fully saturated rings. The molecule has 16 heavy (non-hydrogen) atoms. The molecule has 1 heterocycles. The standard InChI is InChI=1S/C13H18N2S/c1-9(2)11-4-3-10(8-14)7-12(11)13-15-5-6-16-13/h3-4,7,9H,5-6,8,14H2,1-2H3. The van der Waals surface area contributed by atoms with Gasteiger partial charge in [-0.25, -0.2) is 0 Å². The highest BCUT2D eigenvalue weighted by molar-refractivity contribution is 8.14. The average Bonchev–Trinajstić information content (AvgIpc) is 2.81. The number of aliphatic imine (C=N–C) groups is 1. The molecule has 1 aliphatic rings. The third-order valence-corrected chi connectivity index (χ3v) is 3.80. The van der Waals surface area contributed by atoms with E-state index in [2.05, 4.69) is 37.0 Å². The molecule has 0 amide bonds. The Bertz CT molecular complexity index is 410. The van der Waals surface area contributed by atoms with Gasteiger partial charge in [0.25, 0.3) is 0 Å². The van der Waals surface area contributed by atoms with Gasteiger partial charge in [-0.2, -0.15) is 0 Å². The zero-order chi connectivity index (χ0) is 11.5. The van der Waals surface area contributed by atoms with Crippen LogP contribution in [0.1, 0.15) is 36.5 Å². The zero-order valence-electron chi connectivity index (χ0n) is 9.86. The summed E-state index contributed by atoms with van der Waals surface area (Å²) in [4.78, 5) is 4.56. The van der Waals surface area contributed by atoms with E-state index >= 15 is 0 Å². The minimum atomic E-state index is 0.533. The van der Waals surface area contributed by atoms with Crippen molar-refractivity contribution in [1.29, 1.82) is 0 Å². The number of rotatable bonds is 3. The fraction of sp³-hybridized carbons (Fsp3) is 0.462. The summed E-state index contributed by atoms with van der Waals surface area (Å²) in [5.74, 6) is 1.64. The van der Waals surface area contributed by atoms with Gasteiger partial charge in [0.05, 0.1) is 5.04 Å². The van der Waals surface area contributed by atoms with Crippen LogP contribution in [0, 0.1) is 0 Å². The molecule has 2 rings (SSSR count). The van der Waals surface area contributed by atoms with E-state index < -0.39 is 0 Å². The van der Waals surface area contributed by atoms with Crippen molar-refractivity contribution in [3.8, 4) is 0 Å². The molecular weight excluding hydrogens is 216 g/mol. The Labute approximate surface area is 101 Å². The van der Waals surface area contributed by atoms with E-state index in [1.54, 1.807) is 0 Å². The molecule has 0 aliphatic carbocycles. The van der Waals surface area contributed by atoms with Crippen molar-refractivity contribution in [2.75, 3.05) is 12.3 Å². The summed E-state index contributed by atoms with van der Waals surface area (Å²) in [6, 6.07) is 6.52. The van der Waals surface area contributed by atoms with E-state index in [0.717, 1.165) is 12.3 Å². The van der Waals surface area contributed by atoms with Gasteiger partial charge in [0.1, 0.15) is 0 Å². The monoisotopic (exact) mass is 234 g/mol. The van der Waals surface area contributed by atoms with Crippen molar-refractivity contribution in [3.05, 3.63) is 34.9 Å².